The van der Waals surface area contributed by atoms with Gasteiger partial charge in [0.05, 0.1) is 12.8 Å². The predicted octanol–water partition coefficient (Wildman–Crippen LogP) is 3.66. The van der Waals surface area contributed by atoms with Gasteiger partial charge in [-0.1, -0.05) is 12.8 Å². The summed E-state index contributed by atoms with van der Waals surface area (Å²) in [4.78, 5) is 18.6. The largest absolute Gasteiger partial charge is 0.497 e. The number of carbonyl (C=O) groups is 1. The molecule has 4 rings (SSSR count). The molecule has 1 aliphatic carbocycles. The Hall–Kier alpha value is -2.37. The van der Waals surface area contributed by atoms with Gasteiger partial charge in [-0.15, -0.1) is 0 Å². The van der Waals surface area contributed by atoms with E-state index in [1.54, 1.807) is 14.0 Å². The van der Waals surface area contributed by atoms with E-state index in [-0.39, 0.29) is 5.91 Å². The molecule has 2 aromatic rings. The lowest BCUT2D eigenvalue weighted by molar-refractivity contribution is -0.129. The molecule has 6 nitrogen and oxygen atoms in total. The van der Waals surface area contributed by atoms with E-state index in [0.29, 0.717) is 11.8 Å². The van der Waals surface area contributed by atoms with Gasteiger partial charge in [-0.3, -0.25) is 4.79 Å². The van der Waals surface area contributed by atoms with Gasteiger partial charge in [0.1, 0.15) is 11.6 Å². The Kier molecular flexibility index (Phi) is 5.14. The van der Waals surface area contributed by atoms with Crippen molar-refractivity contribution in [1.82, 2.24) is 19.7 Å². The van der Waals surface area contributed by atoms with E-state index in [2.05, 4.69) is 0 Å². The van der Waals surface area contributed by atoms with Crippen LogP contribution < -0.4 is 4.74 Å². The van der Waals surface area contributed by atoms with Crippen molar-refractivity contribution in [3.05, 3.63) is 35.9 Å². The molecule has 0 radical (unpaired) electrons. The quantitative estimate of drug-likeness (QED) is 0.826. The molecular weight excluding hydrogens is 340 g/mol. The lowest BCUT2D eigenvalue weighted by Gasteiger charge is -2.30. The van der Waals surface area contributed by atoms with Crippen molar-refractivity contribution in [3.8, 4) is 11.4 Å². The minimum absolute atomic E-state index is 0.164. The topological polar surface area (TPSA) is 60.2 Å². The summed E-state index contributed by atoms with van der Waals surface area (Å²) in [7, 11) is 1.68. The van der Waals surface area contributed by atoms with E-state index in [0.717, 1.165) is 49.0 Å². The maximum absolute atomic E-state index is 11.6. The summed E-state index contributed by atoms with van der Waals surface area (Å²) in [5.41, 5.74) is 1.02. The first-order chi connectivity index (χ1) is 13.2. The van der Waals surface area contributed by atoms with Crippen LogP contribution in [0.3, 0.4) is 0 Å². The molecule has 1 aromatic heterocycles. The zero-order valence-corrected chi connectivity index (χ0v) is 16.2. The monoisotopic (exact) mass is 368 g/mol. The Bertz CT molecular complexity index is 785. The van der Waals surface area contributed by atoms with E-state index in [4.69, 9.17) is 14.8 Å². The first-order valence-corrected chi connectivity index (χ1v) is 10.0. The fourth-order valence-electron chi connectivity index (χ4n) is 4.33. The number of amides is 1. The van der Waals surface area contributed by atoms with Crippen molar-refractivity contribution < 1.29 is 9.53 Å². The van der Waals surface area contributed by atoms with Crippen LogP contribution in [-0.2, 0) is 4.79 Å². The van der Waals surface area contributed by atoms with Crippen molar-refractivity contribution in [2.75, 3.05) is 20.2 Å². The number of hydrogen-bond acceptors (Lipinski definition) is 4. The number of aromatic nitrogens is 3. The second-order valence-corrected chi connectivity index (χ2v) is 7.70. The summed E-state index contributed by atoms with van der Waals surface area (Å²) < 4.78 is 7.32. The molecule has 2 heterocycles. The van der Waals surface area contributed by atoms with Crippen LogP contribution in [0.25, 0.3) is 5.69 Å². The first kappa shape index (κ1) is 18.0. The van der Waals surface area contributed by atoms with Crippen LogP contribution in [0, 0.1) is 0 Å². The van der Waals surface area contributed by atoms with Crippen molar-refractivity contribution in [2.45, 2.75) is 57.3 Å². The van der Waals surface area contributed by atoms with Gasteiger partial charge in [0.2, 0.25) is 5.91 Å². The number of piperidine rings is 1. The number of likely N-dealkylation sites (tertiary alicyclic amines) is 1. The van der Waals surface area contributed by atoms with Crippen LogP contribution in [0.5, 0.6) is 5.75 Å². The Morgan fingerprint density at radius 2 is 1.70 bits per heavy atom. The first-order valence-electron chi connectivity index (χ1n) is 10.0. The van der Waals surface area contributed by atoms with E-state index in [1.807, 2.05) is 33.8 Å². The molecular formula is C21H28N4O2. The highest BCUT2D eigenvalue weighted by Gasteiger charge is 2.29. The predicted molar refractivity (Wildman–Crippen MR) is 103 cm³/mol. The third-order valence-electron chi connectivity index (χ3n) is 5.99. The van der Waals surface area contributed by atoms with E-state index < -0.39 is 0 Å². The normalized spacial score (nSPS) is 18.8. The molecule has 1 aromatic carbocycles. The zero-order valence-electron chi connectivity index (χ0n) is 16.2. The van der Waals surface area contributed by atoms with E-state index >= 15 is 0 Å². The van der Waals surface area contributed by atoms with Crippen LogP contribution in [0.1, 0.15) is 68.9 Å². The maximum Gasteiger partial charge on any atom is 0.219 e. The van der Waals surface area contributed by atoms with Crippen LogP contribution in [0.2, 0.25) is 0 Å². The minimum atomic E-state index is 0.164. The van der Waals surface area contributed by atoms with E-state index in [9.17, 15) is 4.79 Å². The zero-order chi connectivity index (χ0) is 18.8. The second-order valence-electron chi connectivity index (χ2n) is 7.70. The van der Waals surface area contributed by atoms with Crippen molar-refractivity contribution in [1.29, 1.82) is 0 Å². The van der Waals surface area contributed by atoms with Crippen LogP contribution >= 0.6 is 0 Å². The summed E-state index contributed by atoms with van der Waals surface area (Å²) in [5.74, 6) is 3.87. The highest BCUT2D eigenvalue weighted by Crippen LogP contribution is 2.35. The fraction of sp³-hybridized carbons (Fsp3) is 0.571. The number of carbonyl (C=O) groups excluding carboxylic acids is 1. The Morgan fingerprint density at radius 3 is 2.30 bits per heavy atom. The molecule has 0 unspecified atom stereocenters. The molecule has 1 aliphatic heterocycles. The van der Waals surface area contributed by atoms with Gasteiger partial charge in [-0.25, -0.2) is 9.67 Å². The lowest BCUT2D eigenvalue weighted by Crippen LogP contribution is -2.36. The molecule has 1 saturated heterocycles. The third kappa shape index (κ3) is 3.70. The number of nitrogens with zero attached hydrogens (tertiary/aromatic N) is 4. The SMILES string of the molecule is COc1ccc(-n2nc(C3CCCC3)nc2C2CCN(C(C)=O)CC2)cc1. The summed E-state index contributed by atoms with van der Waals surface area (Å²) in [6.45, 7) is 3.25. The molecule has 1 amide bonds. The Balaban J connectivity index is 1.65. The Labute approximate surface area is 160 Å². The molecule has 2 aliphatic rings. The number of benzene rings is 1. The van der Waals surface area contributed by atoms with Crippen LogP contribution in [0.4, 0.5) is 0 Å². The molecule has 144 valence electrons. The molecule has 2 fully saturated rings. The summed E-state index contributed by atoms with van der Waals surface area (Å²) >= 11 is 0. The summed E-state index contributed by atoms with van der Waals surface area (Å²) in [5, 5.41) is 4.93. The standard InChI is InChI=1S/C21H28N4O2/c1-15(26)24-13-11-17(12-14-24)21-22-20(16-5-3-4-6-16)23-25(21)18-7-9-19(27-2)10-8-18/h7-10,16-17H,3-6,11-14H2,1-2H3. The average Bonchev–Trinajstić information content (AvgIpc) is 3.38. The van der Waals surface area contributed by atoms with Gasteiger partial charge in [0.15, 0.2) is 5.82 Å². The highest BCUT2D eigenvalue weighted by atomic mass is 16.5. The van der Waals surface area contributed by atoms with Gasteiger partial charge in [-0.05, 0) is 49.9 Å². The number of rotatable bonds is 4. The average molecular weight is 368 g/mol. The van der Waals surface area contributed by atoms with Gasteiger partial charge in [0.25, 0.3) is 0 Å². The number of hydrogen-bond donors (Lipinski definition) is 0. The lowest BCUT2D eigenvalue weighted by atomic mass is 9.95. The molecule has 0 spiro atoms. The fourth-order valence-corrected chi connectivity index (χ4v) is 4.33. The smallest absolute Gasteiger partial charge is 0.219 e. The van der Waals surface area contributed by atoms with Gasteiger partial charge in [-0.2, -0.15) is 5.10 Å². The molecule has 1 saturated carbocycles. The van der Waals surface area contributed by atoms with Crippen LogP contribution in [0.15, 0.2) is 24.3 Å². The third-order valence-corrected chi connectivity index (χ3v) is 5.99. The maximum atomic E-state index is 11.6. The van der Waals surface area contributed by atoms with Crippen molar-refractivity contribution >= 4 is 5.91 Å². The molecule has 0 atom stereocenters. The van der Waals surface area contributed by atoms with Crippen molar-refractivity contribution in [2.24, 2.45) is 0 Å². The Morgan fingerprint density at radius 1 is 1.04 bits per heavy atom. The minimum Gasteiger partial charge on any atom is -0.497 e. The second kappa shape index (κ2) is 7.71. The molecule has 0 bridgehead atoms. The van der Waals surface area contributed by atoms with Gasteiger partial charge < -0.3 is 9.64 Å². The summed E-state index contributed by atoms with van der Waals surface area (Å²) in [6, 6.07) is 8.02. The van der Waals surface area contributed by atoms with Crippen LogP contribution in [-0.4, -0.2) is 45.8 Å². The van der Waals surface area contributed by atoms with Gasteiger partial charge >= 0.3 is 0 Å². The molecule has 0 N–H and O–H groups in total. The molecule has 6 heteroatoms. The van der Waals surface area contributed by atoms with Gasteiger partial charge in [0, 0.05) is 31.8 Å². The van der Waals surface area contributed by atoms with E-state index in [1.165, 1.54) is 25.7 Å². The molecule has 27 heavy (non-hydrogen) atoms. The number of methoxy groups -OCH3 is 1. The highest BCUT2D eigenvalue weighted by molar-refractivity contribution is 5.73. The van der Waals surface area contributed by atoms with Crippen molar-refractivity contribution in [3.63, 3.8) is 0 Å². The number of ether oxygens (including phenoxy) is 1. The summed E-state index contributed by atoms with van der Waals surface area (Å²) in [6.07, 6.45) is 6.81.